The molecule has 0 N–H and O–H groups in total. The van der Waals surface area contributed by atoms with Gasteiger partial charge in [-0.15, -0.1) is 0 Å². The van der Waals surface area contributed by atoms with Crippen LogP contribution in [0.1, 0.15) is 24.4 Å². The first kappa shape index (κ1) is 21.7. The standard InChI is InChI=1S/C20H21F5N8/c1-12-28-14(20(23,24)25)6-16(29-12)31-4-2-19(10-31)3-5-32(11-19)18-26-7-13-8-27-33(9-15(21)22)17(13)30-18/h6-8,15H,2-5,9-11H2,1H3. The minimum Gasteiger partial charge on any atom is -0.356 e. The predicted octanol–water partition coefficient (Wildman–Crippen LogP) is 3.32. The molecule has 3 aromatic rings. The molecule has 0 radical (unpaired) electrons. The summed E-state index contributed by atoms with van der Waals surface area (Å²) in [5.41, 5.74) is -0.731. The van der Waals surface area contributed by atoms with Crippen LogP contribution >= 0.6 is 0 Å². The molecule has 2 aliphatic heterocycles. The number of alkyl halides is 5. The number of aryl methyl sites for hydroxylation is 1. The lowest BCUT2D eigenvalue weighted by atomic mass is 9.86. The molecular formula is C20H21F5N8. The Hall–Kier alpha value is -3.12. The van der Waals surface area contributed by atoms with Crippen molar-refractivity contribution in [3.8, 4) is 0 Å². The van der Waals surface area contributed by atoms with E-state index in [0.29, 0.717) is 43.2 Å². The fraction of sp³-hybridized carbons (Fsp3) is 0.550. The van der Waals surface area contributed by atoms with Gasteiger partial charge in [0.2, 0.25) is 5.95 Å². The van der Waals surface area contributed by atoms with Gasteiger partial charge >= 0.3 is 6.18 Å². The van der Waals surface area contributed by atoms with Crippen LogP contribution < -0.4 is 9.80 Å². The summed E-state index contributed by atoms with van der Waals surface area (Å²) in [5, 5.41) is 4.55. The van der Waals surface area contributed by atoms with Gasteiger partial charge in [0, 0.05) is 43.9 Å². The normalized spacial score (nSPS) is 21.3. The molecule has 2 saturated heterocycles. The van der Waals surface area contributed by atoms with Gasteiger partial charge in [-0.1, -0.05) is 0 Å². The SMILES string of the molecule is Cc1nc(N2CCC3(CCN(c4ncc5cnn(CC(F)F)c5n4)C3)C2)cc(C(F)(F)F)n1. The first-order chi connectivity index (χ1) is 15.6. The summed E-state index contributed by atoms with van der Waals surface area (Å²) < 4.78 is 66.4. The minimum atomic E-state index is -4.53. The second kappa shape index (κ2) is 7.73. The minimum absolute atomic E-state index is 0.0796. The molecule has 0 bridgehead atoms. The summed E-state index contributed by atoms with van der Waals surface area (Å²) in [6.45, 7) is 3.34. The highest BCUT2D eigenvalue weighted by Crippen LogP contribution is 2.42. The molecule has 2 fully saturated rings. The molecule has 2 aliphatic rings. The number of fused-ring (bicyclic) bond motifs is 1. The van der Waals surface area contributed by atoms with Gasteiger partial charge in [-0.25, -0.2) is 28.4 Å². The van der Waals surface area contributed by atoms with Crippen molar-refractivity contribution in [1.82, 2.24) is 29.7 Å². The van der Waals surface area contributed by atoms with Crippen LogP contribution in [0.25, 0.3) is 11.0 Å². The highest BCUT2D eigenvalue weighted by atomic mass is 19.4. The quantitative estimate of drug-likeness (QED) is 0.544. The van der Waals surface area contributed by atoms with Crippen molar-refractivity contribution in [1.29, 1.82) is 0 Å². The molecule has 5 rings (SSSR count). The topological polar surface area (TPSA) is 75.9 Å². The third-order valence-electron chi connectivity index (χ3n) is 6.27. The van der Waals surface area contributed by atoms with E-state index in [0.717, 1.165) is 18.9 Å². The molecule has 5 heterocycles. The Balaban J connectivity index is 1.34. The highest BCUT2D eigenvalue weighted by Gasteiger charge is 2.45. The molecule has 3 aromatic heterocycles. The molecule has 0 aromatic carbocycles. The lowest BCUT2D eigenvalue weighted by Crippen LogP contribution is -2.32. The number of hydrogen-bond donors (Lipinski definition) is 0. The van der Waals surface area contributed by atoms with Gasteiger partial charge in [-0.2, -0.15) is 23.3 Å². The first-order valence-corrected chi connectivity index (χ1v) is 10.5. The van der Waals surface area contributed by atoms with Crippen LogP contribution in [-0.2, 0) is 12.7 Å². The summed E-state index contributed by atoms with van der Waals surface area (Å²) >= 11 is 0. The molecule has 1 spiro atoms. The molecule has 13 heteroatoms. The predicted molar refractivity (Wildman–Crippen MR) is 109 cm³/mol. The summed E-state index contributed by atoms with van der Waals surface area (Å²) in [6.07, 6.45) is -2.44. The fourth-order valence-electron chi connectivity index (χ4n) is 4.70. The van der Waals surface area contributed by atoms with Crippen molar-refractivity contribution in [2.75, 3.05) is 36.0 Å². The van der Waals surface area contributed by atoms with Crippen LogP contribution in [0, 0.1) is 12.3 Å². The van der Waals surface area contributed by atoms with E-state index < -0.39 is 24.8 Å². The van der Waals surface area contributed by atoms with Crippen molar-refractivity contribution in [3.05, 3.63) is 30.0 Å². The van der Waals surface area contributed by atoms with Crippen molar-refractivity contribution < 1.29 is 22.0 Å². The second-order valence-electron chi connectivity index (χ2n) is 8.67. The van der Waals surface area contributed by atoms with Crippen molar-refractivity contribution in [3.63, 3.8) is 0 Å². The van der Waals surface area contributed by atoms with Crippen LogP contribution in [0.5, 0.6) is 0 Å². The number of halogens is 5. The van der Waals surface area contributed by atoms with Gasteiger partial charge in [0.15, 0.2) is 5.65 Å². The van der Waals surface area contributed by atoms with Crippen molar-refractivity contribution >= 4 is 22.8 Å². The van der Waals surface area contributed by atoms with E-state index in [2.05, 4.69) is 25.0 Å². The van der Waals surface area contributed by atoms with Crippen molar-refractivity contribution in [2.45, 2.75) is 38.9 Å². The molecule has 0 amide bonds. The molecule has 1 unspecified atom stereocenters. The number of aromatic nitrogens is 6. The lowest BCUT2D eigenvalue weighted by Gasteiger charge is -2.25. The van der Waals surface area contributed by atoms with E-state index in [1.807, 2.05) is 9.80 Å². The van der Waals surface area contributed by atoms with E-state index in [-0.39, 0.29) is 17.1 Å². The van der Waals surface area contributed by atoms with Crippen LogP contribution in [0.2, 0.25) is 0 Å². The Labute approximate surface area is 185 Å². The summed E-state index contributed by atoms with van der Waals surface area (Å²) in [4.78, 5) is 20.5. The fourth-order valence-corrected chi connectivity index (χ4v) is 4.70. The van der Waals surface area contributed by atoms with E-state index >= 15 is 0 Å². The average Bonchev–Trinajstić information content (AvgIpc) is 3.46. The molecule has 33 heavy (non-hydrogen) atoms. The first-order valence-electron chi connectivity index (χ1n) is 10.5. The van der Waals surface area contributed by atoms with Crippen LogP contribution in [-0.4, -0.2) is 62.3 Å². The Morgan fingerprint density at radius 2 is 1.76 bits per heavy atom. The van der Waals surface area contributed by atoms with E-state index in [1.165, 1.54) is 17.8 Å². The average molecular weight is 468 g/mol. The Morgan fingerprint density at radius 1 is 1.03 bits per heavy atom. The zero-order valence-electron chi connectivity index (χ0n) is 17.7. The van der Waals surface area contributed by atoms with Crippen molar-refractivity contribution in [2.24, 2.45) is 5.41 Å². The molecule has 176 valence electrons. The van der Waals surface area contributed by atoms with Crippen LogP contribution in [0.4, 0.5) is 33.7 Å². The Morgan fingerprint density at radius 3 is 2.48 bits per heavy atom. The van der Waals surface area contributed by atoms with E-state index in [1.54, 1.807) is 6.20 Å². The maximum atomic E-state index is 13.2. The maximum Gasteiger partial charge on any atom is 0.433 e. The molecule has 0 saturated carbocycles. The molecule has 1 atom stereocenters. The Bertz CT molecular complexity index is 1180. The zero-order valence-corrected chi connectivity index (χ0v) is 17.7. The Kier molecular flexibility index (Phi) is 5.09. The van der Waals surface area contributed by atoms with Gasteiger partial charge in [0.25, 0.3) is 6.43 Å². The molecule has 0 aliphatic carbocycles. The lowest BCUT2D eigenvalue weighted by molar-refractivity contribution is -0.141. The number of rotatable bonds is 4. The smallest absolute Gasteiger partial charge is 0.356 e. The highest BCUT2D eigenvalue weighted by molar-refractivity contribution is 5.74. The summed E-state index contributed by atoms with van der Waals surface area (Å²) in [5.74, 6) is 0.792. The largest absolute Gasteiger partial charge is 0.433 e. The molecule has 8 nitrogen and oxygen atoms in total. The zero-order chi connectivity index (χ0) is 23.4. The third kappa shape index (κ3) is 4.15. The third-order valence-corrected chi connectivity index (χ3v) is 6.27. The van der Waals surface area contributed by atoms with Gasteiger partial charge < -0.3 is 9.80 Å². The van der Waals surface area contributed by atoms with E-state index in [9.17, 15) is 22.0 Å². The summed E-state index contributed by atoms with van der Waals surface area (Å²) in [6, 6.07) is 1.000. The number of hydrogen-bond acceptors (Lipinski definition) is 7. The maximum absolute atomic E-state index is 13.2. The van der Waals surface area contributed by atoms with Crippen LogP contribution in [0.3, 0.4) is 0 Å². The van der Waals surface area contributed by atoms with Gasteiger partial charge in [0.05, 0.1) is 11.6 Å². The number of nitrogens with zero attached hydrogens (tertiary/aromatic N) is 8. The van der Waals surface area contributed by atoms with Gasteiger partial charge in [-0.3, -0.25) is 0 Å². The molecular weight excluding hydrogens is 447 g/mol. The number of anilines is 2. The van der Waals surface area contributed by atoms with Gasteiger partial charge in [0.1, 0.15) is 23.9 Å². The second-order valence-corrected chi connectivity index (χ2v) is 8.67. The monoisotopic (exact) mass is 468 g/mol. The van der Waals surface area contributed by atoms with Crippen LogP contribution in [0.15, 0.2) is 18.5 Å². The van der Waals surface area contributed by atoms with Gasteiger partial charge in [-0.05, 0) is 19.8 Å². The van der Waals surface area contributed by atoms with E-state index in [4.69, 9.17) is 0 Å². The summed E-state index contributed by atoms with van der Waals surface area (Å²) in [7, 11) is 0.